The second kappa shape index (κ2) is 13.5. The van der Waals surface area contributed by atoms with Gasteiger partial charge in [-0.25, -0.2) is 0 Å². The summed E-state index contributed by atoms with van der Waals surface area (Å²) in [7, 11) is 0. The molecule has 1 aromatic heterocycles. The van der Waals surface area contributed by atoms with Gasteiger partial charge in [0.05, 0.1) is 0 Å². The minimum absolute atomic E-state index is 0.206. The topological polar surface area (TPSA) is 0 Å². The van der Waals surface area contributed by atoms with Gasteiger partial charge in [-0.05, 0) is 108 Å². The van der Waals surface area contributed by atoms with Crippen molar-refractivity contribution >= 4 is 64.6 Å². The van der Waals surface area contributed by atoms with Crippen LogP contribution in [0.2, 0.25) is 0 Å². The first kappa shape index (κ1) is 34.2. The van der Waals surface area contributed by atoms with Crippen molar-refractivity contribution in [2.75, 3.05) is 0 Å². The number of rotatable bonds is 5. The molecule has 0 unspecified atom stereocenters. The van der Waals surface area contributed by atoms with Crippen LogP contribution < -0.4 is 10.4 Å². The molecule has 2 aliphatic rings. The third-order valence-corrected chi connectivity index (χ3v) is 13.3. The van der Waals surface area contributed by atoms with Crippen molar-refractivity contribution in [3.8, 4) is 11.1 Å². The fraction of sp³-hybridized carbons (Fsp3) is 0.0909. The molecule has 0 atom stereocenters. The van der Waals surface area contributed by atoms with E-state index in [0.29, 0.717) is 0 Å². The maximum Gasteiger partial charge on any atom is 0.0434 e. The number of thiophene rings is 1. The highest BCUT2D eigenvalue weighted by Crippen LogP contribution is 2.55. The Hall–Kier alpha value is -6.28. The summed E-state index contributed by atoms with van der Waals surface area (Å²) in [5.74, 6) is 0. The van der Waals surface area contributed by atoms with Crippen molar-refractivity contribution in [3.05, 3.63) is 227 Å². The molecule has 56 heavy (non-hydrogen) atoms. The molecule has 0 saturated carbocycles. The van der Waals surface area contributed by atoms with E-state index in [-0.39, 0.29) is 5.41 Å². The van der Waals surface area contributed by atoms with Crippen molar-refractivity contribution in [2.24, 2.45) is 0 Å². The predicted octanol–water partition coefficient (Wildman–Crippen LogP) is 13.5. The first-order valence-electron chi connectivity index (χ1n) is 19.6. The van der Waals surface area contributed by atoms with Crippen LogP contribution in [0.3, 0.4) is 0 Å². The Morgan fingerprint density at radius 3 is 2.02 bits per heavy atom. The van der Waals surface area contributed by atoms with Crippen LogP contribution in [0.4, 0.5) is 0 Å². The summed E-state index contributed by atoms with van der Waals surface area (Å²) < 4.78 is 2.68. The SMILES string of the molecule is C=C(C1=c2\cccc\c2=C(c2cc3c(ccc4c5ccccc5sc34)c3c2C(C)(C)c2ccccc2-3)\C=C\CC\C=C\1)c1ccccc1C(=C)c1ccccc1. The van der Waals surface area contributed by atoms with Gasteiger partial charge in [-0.2, -0.15) is 0 Å². The summed E-state index contributed by atoms with van der Waals surface area (Å²) in [4.78, 5) is 0. The van der Waals surface area contributed by atoms with Crippen LogP contribution in [0.25, 0.3) is 64.4 Å². The average molecular weight is 735 g/mol. The molecule has 10 rings (SSSR count). The molecule has 0 spiro atoms. The number of fused-ring (bicyclic) bond motifs is 10. The Bertz CT molecular complexity index is 3120. The quantitative estimate of drug-likeness (QED) is 0.165. The molecular formula is C55H42S. The van der Waals surface area contributed by atoms with Gasteiger partial charge in [0.25, 0.3) is 0 Å². The normalized spacial score (nSPS) is 17.6. The molecule has 0 amide bonds. The lowest BCUT2D eigenvalue weighted by molar-refractivity contribution is 0.659. The monoisotopic (exact) mass is 734 g/mol. The number of hydrogen-bond acceptors (Lipinski definition) is 1. The summed E-state index contributed by atoms with van der Waals surface area (Å²) in [6.07, 6.45) is 11.3. The van der Waals surface area contributed by atoms with Gasteiger partial charge in [0.1, 0.15) is 0 Å². The van der Waals surface area contributed by atoms with E-state index in [9.17, 15) is 0 Å². The Kier molecular flexibility index (Phi) is 8.24. The van der Waals surface area contributed by atoms with Crippen LogP contribution >= 0.6 is 11.3 Å². The van der Waals surface area contributed by atoms with Crippen LogP contribution in [0.15, 0.2) is 183 Å². The number of hydrogen-bond donors (Lipinski definition) is 0. The lowest BCUT2D eigenvalue weighted by Crippen LogP contribution is -2.30. The van der Waals surface area contributed by atoms with E-state index in [1.165, 1.54) is 74.8 Å². The smallest absolute Gasteiger partial charge is 0.0434 e. The average Bonchev–Trinajstić information content (AvgIpc) is 3.74. The highest BCUT2D eigenvalue weighted by atomic mass is 32.1. The first-order valence-corrected chi connectivity index (χ1v) is 20.5. The van der Waals surface area contributed by atoms with E-state index in [4.69, 9.17) is 6.58 Å². The zero-order chi connectivity index (χ0) is 38.0. The highest BCUT2D eigenvalue weighted by molar-refractivity contribution is 7.26. The molecule has 0 nitrogen and oxygen atoms in total. The van der Waals surface area contributed by atoms with E-state index in [2.05, 4.69) is 190 Å². The summed E-state index contributed by atoms with van der Waals surface area (Å²) in [5, 5.41) is 7.70. The van der Waals surface area contributed by atoms with Gasteiger partial charge in [-0.1, -0.05) is 185 Å². The summed E-state index contributed by atoms with van der Waals surface area (Å²) in [6, 6.07) is 53.3. The third kappa shape index (κ3) is 5.34. The standard InChI is InChI=1S/C55H42S/c1-35(37-20-8-7-9-21-37)38-23-12-13-24-39(38)36(2)40-22-10-5-6-11-25-43(42-27-15-14-26-41(40)42)48-34-49-45(32-33-46-44-28-17-19-31-51(44)56-54(46)49)52-47-29-16-18-30-50(47)55(3,4)53(48)52/h7-34H,1-2,5-6H2,3-4H3/b22-10+,25-11+,41-40+,43-42+. The molecule has 2 aliphatic carbocycles. The van der Waals surface area contributed by atoms with Gasteiger partial charge >= 0.3 is 0 Å². The van der Waals surface area contributed by atoms with E-state index >= 15 is 0 Å². The van der Waals surface area contributed by atoms with E-state index in [1.807, 2.05) is 11.3 Å². The minimum Gasteiger partial charge on any atom is -0.135 e. The lowest BCUT2D eigenvalue weighted by atomic mass is 9.77. The third-order valence-electron chi connectivity index (χ3n) is 12.0. The Morgan fingerprint density at radius 2 is 1.20 bits per heavy atom. The van der Waals surface area contributed by atoms with E-state index in [1.54, 1.807) is 0 Å². The molecule has 0 aliphatic heterocycles. The second-order valence-electron chi connectivity index (χ2n) is 15.6. The molecule has 8 aromatic rings. The van der Waals surface area contributed by atoms with Crippen LogP contribution in [0, 0.1) is 0 Å². The fourth-order valence-electron chi connectivity index (χ4n) is 9.35. The zero-order valence-corrected chi connectivity index (χ0v) is 32.7. The van der Waals surface area contributed by atoms with Gasteiger partial charge in [0.2, 0.25) is 0 Å². The Balaban J connectivity index is 1.32. The maximum atomic E-state index is 4.86. The fourth-order valence-corrected chi connectivity index (χ4v) is 10.6. The van der Waals surface area contributed by atoms with Crippen molar-refractivity contribution in [2.45, 2.75) is 32.1 Å². The van der Waals surface area contributed by atoms with Crippen LogP contribution in [-0.2, 0) is 5.41 Å². The molecule has 1 heterocycles. The summed E-state index contributed by atoms with van der Waals surface area (Å²) in [5.41, 5.74) is 14.3. The Morgan fingerprint density at radius 1 is 0.554 bits per heavy atom. The van der Waals surface area contributed by atoms with E-state index in [0.717, 1.165) is 46.3 Å². The van der Waals surface area contributed by atoms with Crippen molar-refractivity contribution in [1.82, 2.24) is 0 Å². The van der Waals surface area contributed by atoms with Gasteiger partial charge in [0.15, 0.2) is 0 Å². The van der Waals surface area contributed by atoms with Gasteiger partial charge in [0, 0.05) is 31.0 Å². The molecule has 0 bridgehead atoms. The van der Waals surface area contributed by atoms with Crippen molar-refractivity contribution in [1.29, 1.82) is 0 Å². The van der Waals surface area contributed by atoms with E-state index < -0.39 is 0 Å². The first-order chi connectivity index (χ1) is 27.4. The zero-order valence-electron chi connectivity index (χ0n) is 31.9. The van der Waals surface area contributed by atoms with Gasteiger partial charge in [-0.3, -0.25) is 0 Å². The lowest BCUT2D eigenvalue weighted by Gasteiger charge is -2.26. The molecule has 7 aromatic carbocycles. The Labute approximate surface area is 333 Å². The molecular weight excluding hydrogens is 693 g/mol. The molecule has 1 heteroatoms. The van der Waals surface area contributed by atoms with Gasteiger partial charge in [-0.15, -0.1) is 11.3 Å². The van der Waals surface area contributed by atoms with Crippen LogP contribution in [0.1, 0.15) is 60.1 Å². The molecule has 0 saturated heterocycles. The maximum absolute atomic E-state index is 4.86. The van der Waals surface area contributed by atoms with Gasteiger partial charge < -0.3 is 0 Å². The predicted molar refractivity (Wildman–Crippen MR) is 244 cm³/mol. The summed E-state index contributed by atoms with van der Waals surface area (Å²) in [6.45, 7) is 14.3. The van der Waals surface area contributed by atoms with Crippen LogP contribution in [-0.4, -0.2) is 0 Å². The number of benzene rings is 7. The number of allylic oxidation sites excluding steroid dienone is 5. The van der Waals surface area contributed by atoms with Crippen molar-refractivity contribution in [3.63, 3.8) is 0 Å². The molecule has 0 N–H and O–H groups in total. The molecule has 0 radical (unpaired) electrons. The molecule has 0 fully saturated rings. The second-order valence-corrected chi connectivity index (χ2v) is 16.7. The minimum atomic E-state index is -0.206. The largest absolute Gasteiger partial charge is 0.135 e. The molecule has 268 valence electrons. The highest BCUT2D eigenvalue weighted by Gasteiger charge is 2.39. The van der Waals surface area contributed by atoms with Crippen molar-refractivity contribution < 1.29 is 0 Å². The van der Waals surface area contributed by atoms with Crippen LogP contribution in [0.5, 0.6) is 0 Å². The summed E-state index contributed by atoms with van der Waals surface area (Å²) >= 11 is 1.92.